The van der Waals surface area contributed by atoms with Crippen LogP contribution in [-0.4, -0.2) is 95.7 Å². The molecule has 1 amide bonds. The Balaban J connectivity index is 1.39. The summed E-state index contributed by atoms with van der Waals surface area (Å²) in [6, 6.07) is 5.15. The summed E-state index contributed by atoms with van der Waals surface area (Å²) in [7, 11) is 3.61. The minimum atomic E-state index is -2.00. The number of likely N-dealkylation sites (tertiary alicyclic amines) is 1. The van der Waals surface area contributed by atoms with Gasteiger partial charge in [-0.1, -0.05) is 52.8 Å². The zero-order valence-electron chi connectivity index (χ0n) is 39.7. The number of aromatic hydroxyl groups is 1. The summed E-state index contributed by atoms with van der Waals surface area (Å²) < 4.78 is 37.0. The number of esters is 1. The number of ketones is 1. The van der Waals surface area contributed by atoms with Gasteiger partial charge in [0.25, 0.3) is 11.7 Å². The lowest BCUT2D eigenvalue weighted by molar-refractivity contribution is -0.157. The number of allylic oxidation sites excluding steroid dienone is 2. The number of amides is 1. The van der Waals surface area contributed by atoms with Crippen molar-refractivity contribution in [3.05, 3.63) is 75.7 Å². The maximum absolute atomic E-state index is 14.8. The lowest BCUT2D eigenvalue weighted by atomic mass is 9.73. The van der Waals surface area contributed by atoms with E-state index in [1.54, 1.807) is 49.4 Å². The minimum absolute atomic E-state index is 0.0109. The lowest BCUT2D eigenvalue weighted by Crippen LogP contribution is -2.43. The number of carbonyl (C=O) groups is 3. The minimum Gasteiger partial charge on any atom is -0.507 e. The first-order valence-electron chi connectivity index (χ1n) is 22.8. The predicted octanol–water partition coefficient (Wildman–Crippen LogP) is 7.94. The normalized spacial score (nSPS) is 30.2. The highest BCUT2D eigenvalue weighted by Crippen LogP contribution is 2.50. The molecular formula is C51H63N3O12. The van der Waals surface area contributed by atoms with Gasteiger partial charge in [0, 0.05) is 55.4 Å². The Hall–Kier alpha value is -5.77. The molecule has 2 aromatic carbocycles. The van der Waals surface area contributed by atoms with E-state index in [9.17, 15) is 29.4 Å². The summed E-state index contributed by atoms with van der Waals surface area (Å²) in [5, 5.41) is 25.8. The number of aliphatic hydroxyl groups excluding tert-OH is 1. The fraction of sp³-hybridized carbons (Fsp3) is 0.510. The van der Waals surface area contributed by atoms with Gasteiger partial charge in [0.15, 0.2) is 11.3 Å². The van der Waals surface area contributed by atoms with Crippen LogP contribution in [-0.2, 0) is 23.8 Å². The van der Waals surface area contributed by atoms with Crippen LogP contribution in [0.2, 0.25) is 0 Å². The largest absolute Gasteiger partial charge is 0.507 e. The second-order valence-corrected chi connectivity index (χ2v) is 18.8. The molecule has 0 radical (unpaired) electrons. The number of carbonyl (C=O) groups excluding carboxylic acids is 3. The van der Waals surface area contributed by atoms with Crippen LogP contribution < -0.4 is 20.2 Å². The molecule has 0 unspecified atom stereocenters. The SMILES string of the molecule is CO[C@H]1/C=C/O[C@@]2(C)Oc3c(C)c(O)c4c(=O)c(c5oc6cc(OCC7CCN(C)CC7)ccc6nc-5c4c3C2=O)NC(=O)/C(C)=C\C=C\[C@H](C)[C@H](O)[C@@H](C)[C@@H](C)[C@@H](C)[C@H](OC(C)=O)[C@@H]1C. The van der Waals surface area contributed by atoms with Gasteiger partial charge in [-0.15, -0.1) is 0 Å². The van der Waals surface area contributed by atoms with Crippen molar-refractivity contribution in [1.29, 1.82) is 0 Å². The van der Waals surface area contributed by atoms with Crippen molar-refractivity contribution in [1.82, 2.24) is 9.88 Å². The second-order valence-electron chi connectivity index (χ2n) is 18.8. The fourth-order valence-corrected chi connectivity index (χ4v) is 9.53. The highest BCUT2D eigenvalue weighted by atomic mass is 16.7. The van der Waals surface area contributed by atoms with E-state index in [1.165, 1.54) is 34.1 Å². The number of nitrogens with one attached hydrogen (secondary N) is 1. The summed E-state index contributed by atoms with van der Waals surface area (Å²) in [6.07, 6.45) is 7.81. The Morgan fingerprint density at radius 3 is 2.39 bits per heavy atom. The van der Waals surface area contributed by atoms with E-state index >= 15 is 0 Å². The molecule has 15 heteroatoms. The highest BCUT2D eigenvalue weighted by Gasteiger charge is 2.50. The molecule has 66 heavy (non-hydrogen) atoms. The van der Waals surface area contributed by atoms with E-state index in [4.69, 9.17) is 33.1 Å². The quantitative estimate of drug-likeness (QED) is 0.0991. The Bertz CT molecular complexity index is 2640. The Morgan fingerprint density at radius 1 is 1.00 bits per heavy atom. The number of rotatable bonds is 5. The molecular weight excluding hydrogens is 847 g/mol. The molecule has 2 aromatic rings. The first-order chi connectivity index (χ1) is 31.3. The van der Waals surface area contributed by atoms with Crippen LogP contribution in [0.1, 0.15) is 84.2 Å². The first kappa shape index (κ1) is 48.2. The molecule has 1 aliphatic carbocycles. The molecule has 1 saturated heterocycles. The number of fused-ring (bicyclic) bond motifs is 2. The van der Waals surface area contributed by atoms with Crippen molar-refractivity contribution >= 4 is 45.2 Å². The number of ether oxygens (including phenoxy) is 5. The number of Topliss-reactive ketones (excluding diaryl/α,β-unsaturated/α-hetero) is 1. The second kappa shape index (κ2) is 19.2. The summed E-state index contributed by atoms with van der Waals surface area (Å²) in [5.74, 6) is -4.94. The Labute approximate surface area is 385 Å². The van der Waals surface area contributed by atoms with Crippen molar-refractivity contribution in [2.75, 3.05) is 39.2 Å². The fourth-order valence-electron chi connectivity index (χ4n) is 9.53. The average Bonchev–Trinajstić information content (AvgIpc) is 3.56. The van der Waals surface area contributed by atoms with Crippen molar-refractivity contribution < 1.29 is 52.7 Å². The van der Waals surface area contributed by atoms with Crippen LogP contribution in [0.5, 0.6) is 17.2 Å². The van der Waals surface area contributed by atoms with Crippen LogP contribution in [0.15, 0.2) is 63.6 Å². The summed E-state index contributed by atoms with van der Waals surface area (Å²) in [5.41, 5.74) is -0.259. The van der Waals surface area contributed by atoms with Crippen molar-refractivity contribution in [2.24, 2.45) is 35.5 Å². The molecule has 0 saturated carbocycles. The number of nitrogens with zero attached hydrogens (tertiary/aromatic N) is 2. The van der Waals surface area contributed by atoms with E-state index in [0.717, 1.165) is 25.9 Å². The lowest BCUT2D eigenvalue weighted by Gasteiger charge is -2.39. The predicted molar refractivity (Wildman–Crippen MR) is 250 cm³/mol. The Kier molecular flexibility index (Phi) is 14.0. The number of benzene rings is 3. The van der Waals surface area contributed by atoms with Gasteiger partial charge in [-0.05, 0) is 88.7 Å². The van der Waals surface area contributed by atoms with Gasteiger partial charge in [0.1, 0.15) is 40.3 Å². The maximum atomic E-state index is 14.8. The van der Waals surface area contributed by atoms with Crippen LogP contribution in [0.4, 0.5) is 5.69 Å². The third-order valence-corrected chi connectivity index (χ3v) is 14.2. The first-order valence-corrected chi connectivity index (χ1v) is 22.8. The van der Waals surface area contributed by atoms with Gasteiger partial charge in [0.2, 0.25) is 5.43 Å². The summed E-state index contributed by atoms with van der Waals surface area (Å²) in [4.78, 5) is 63.3. The summed E-state index contributed by atoms with van der Waals surface area (Å²) in [6.45, 7) is 18.0. The van der Waals surface area contributed by atoms with E-state index in [-0.39, 0.29) is 79.6 Å². The zero-order valence-corrected chi connectivity index (χ0v) is 39.7. The number of hydrogen-bond acceptors (Lipinski definition) is 14. The smallest absolute Gasteiger partial charge is 0.312 e. The number of phenols is 1. The van der Waals surface area contributed by atoms with Gasteiger partial charge < -0.3 is 48.5 Å². The van der Waals surface area contributed by atoms with Crippen LogP contribution in [0, 0.1) is 42.4 Å². The topological polar surface area (TPSA) is 196 Å². The van der Waals surface area contributed by atoms with E-state index < -0.39 is 58.9 Å². The van der Waals surface area contributed by atoms with Crippen molar-refractivity contribution in [2.45, 2.75) is 99.3 Å². The molecule has 3 N–H and O–H groups in total. The molecule has 0 spiro atoms. The van der Waals surface area contributed by atoms with Crippen molar-refractivity contribution in [3.63, 3.8) is 0 Å². The highest BCUT2D eigenvalue weighted by molar-refractivity contribution is 6.22. The van der Waals surface area contributed by atoms with E-state index in [0.29, 0.717) is 23.8 Å². The van der Waals surface area contributed by atoms with Gasteiger partial charge in [-0.3, -0.25) is 19.2 Å². The molecule has 9 atom stereocenters. The Morgan fingerprint density at radius 2 is 1.71 bits per heavy atom. The molecule has 5 aliphatic rings. The van der Waals surface area contributed by atoms with E-state index in [2.05, 4.69) is 17.3 Å². The molecule has 4 bridgehead atoms. The van der Waals surface area contributed by atoms with Gasteiger partial charge in [-0.25, -0.2) is 4.98 Å². The molecule has 15 nitrogen and oxygen atoms in total. The third kappa shape index (κ3) is 9.17. The zero-order chi connectivity index (χ0) is 47.9. The molecule has 1 fully saturated rings. The van der Waals surface area contributed by atoms with Gasteiger partial charge in [0.05, 0.1) is 36.0 Å². The molecule has 354 valence electrons. The maximum Gasteiger partial charge on any atom is 0.312 e. The molecule has 4 heterocycles. The number of hydrogen-bond donors (Lipinski definition) is 3. The molecule has 0 aromatic heterocycles. The number of phenolic OH excluding ortho intramolecular Hbond substituents is 1. The molecule has 4 aliphatic heterocycles. The van der Waals surface area contributed by atoms with Crippen LogP contribution in [0.3, 0.4) is 0 Å². The average molecular weight is 910 g/mol. The number of methoxy groups -OCH3 is 1. The monoisotopic (exact) mass is 909 g/mol. The van der Waals surface area contributed by atoms with Crippen molar-refractivity contribution in [3.8, 4) is 28.7 Å². The van der Waals surface area contributed by atoms with Crippen LogP contribution >= 0.6 is 0 Å². The number of aromatic nitrogens is 1. The molecule has 7 rings (SSSR count). The third-order valence-electron chi connectivity index (χ3n) is 14.2. The van der Waals surface area contributed by atoms with Gasteiger partial charge in [-0.2, -0.15) is 0 Å². The van der Waals surface area contributed by atoms with E-state index in [1.807, 2.05) is 34.6 Å². The standard InChI is InChI=1S/C51H63N3O12/c1-25-13-12-14-26(2)50(60)53-42-45(58)39-38(41-48(42)65-37-23-34(15-16-35(37)52-41)62-24-33-17-20-54(10)21-18-33)40-47(31(7)44(39)57)66-51(9,49(40)59)63-22-19-36(61-11)30(6)46(64-32(8)55)29(5)27(3)28(4)43(25)56/h12-16,19,22-23,25,27-30,33,36,43,46,56-57H,17-18,20-21,24H2,1-11H3,(H,53,60)/b13-12+,22-19+,26-14-/t25-,27+,28-,29+,30+,36-,43-,46-,51-/m0/s1. The summed E-state index contributed by atoms with van der Waals surface area (Å²) >= 11 is 0. The number of anilines is 1. The number of piperidine rings is 1. The number of aliphatic hydroxyl groups is 1. The van der Waals surface area contributed by atoms with Gasteiger partial charge >= 0.3 is 11.8 Å². The van der Waals surface area contributed by atoms with Crippen LogP contribution in [0.25, 0.3) is 33.3 Å².